The van der Waals surface area contributed by atoms with Gasteiger partial charge in [-0.25, -0.2) is 4.79 Å². The van der Waals surface area contributed by atoms with Crippen LogP contribution in [0.15, 0.2) is 18.2 Å². The second-order valence-electron chi connectivity index (χ2n) is 5.56. The second-order valence-corrected chi connectivity index (χ2v) is 5.56. The average Bonchev–Trinajstić information content (AvgIpc) is 3.28. The fraction of sp³-hybridized carbons (Fsp3) is 0.500. The van der Waals surface area contributed by atoms with Crippen molar-refractivity contribution in [3.8, 4) is 11.5 Å². The van der Waals surface area contributed by atoms with Crippen LogP contribution >= 0.6 is 0 Å². The summed E-state index contributed by atoms with van der Waals surface area (Å²) in [5.74, 6) is 0.281. The Morgan fingerprint density at radius 2 is 2.14 bits per heavy atom. The first-order valence-corrected chi connectivity index (χ1v) is 7.29. The van der Waals surface area contributed by atoms with E-state index in [4.69, 9.17) is 14.6 Å². The first kappa shape index (κ1) is 16.1. The van der Waals surface area contributed by atoms with E-state index in [9.17, 15) is 9.59 Å². The number of carbonyl (C=O) groups is 2. The molecule has 1 aromatic carbocycles. The molecule has 1 saturated carbocycles. The first-order valence-electron chi connectivity index (χ1n) is 7.29. The zero-order valence-electron chi connectivity index (χ0n) is 12.8. The lowest BCUT2D eigenvalue weighted by Gasteiger charge is -2.14. The lowest BCUT2D eigenvalue weighted by molar-refractivity contribution is -0.142. The van der Waals surface area contributed by atoms with Crippen LogP contribution < -0.4 is 14.8 Å². The number of amides is 1. The van der Waals surface area contributed by atoms with Crippen molar-refractivity contribution >= 4 is 11.9 Å². The summed E-state index contributed by atoms with van der Waals surface area (Å²) in [7, 11) is 1.59. The van der Waals surface area contributed by atoms with Crippen molar-refractivity contribution in [3.63, 3.8) is 0 Å². The van der Waals surface area contributed by atoms with E-state index in [2.05, 4.69) is 5.32 Å². The predicted molar refractivity (Wildman–Crippen MR) is 80.1 cm³/mol. The molecule has 0 saturated heterocycles. The molecule has 2 N–H and O–H groups in total. The van der Waals surface area contributed by atoms with Gasteiger partial charge in [0, 0.05) is 0 Å². The Bertz CT molecular complexity index is 553. The molecule has 0 aromatic heterocycles. The van der Waals surface area contributed by atoms with Crippen LogP contribution in [0.3, 0.4) is 0 Å². The molecule has 22 heavy (non-hydrogen) atoms. The van der Waals surface area contributed by atoms with Crippen LogP contribution in [0.1, 0.15) is 24.8 Å². The maximum absolute atomic E-state index is 11.8. The van der Waals surface area contributed by atoms with Gasteiger partial charge in [0.05, 0.1) is 7.11 Å². The van der Waals surface area contributed by atoms with E-state index in [1.807, 2.05) is 6.92 Å². The smallest absolute Gasteiger partial charge is 0.326 e. The number of hydrogen-bond acceptors (Lipinski definition) is 4. The highest BCUT2D eigenvalue weighted by Gasteiger charge is 2.30. The Morgan fingerprint density at radius 1 is 1.41 bits per heavy atom. The Morgan fingerprint density at radius 3 is 2.68 bits per heavy atom. The van der Waals surface area contributed by atoms with E-state index in [1.54, 1.807) is 25.3 Å². The topological polar surface area (TPSA) is 84.9 Å². The minimum atomic E-state index is -0.999. The number of benzene rings is 1. The summed E-state index contributed by atoms with van der Waals surface area (Å²) in [5, 5.41) is 11.6. The van der Waals surface area contributed by atoms with Gasteiger partial charge in [0.15, 0.2) is 6.61 Å². The van der Waals surface area contributed by atoms with E-state index >= 15 is 0 Å². The molecule has 120 valence electrons. The molecule has 1 amide bonds. The van der Waals surface area contributed by atoms with Gasteiger partial charge in [-0.2, -0.15) is 0 Å². The third-order valence-electron chi connectivity index (χ3n) is 3.64. The molecule has 1 atom stereocenters. The number of aliphatic carboxylic acids is 1. The van der Waals surface area contributed by atoms with Crippen LogP contribution in [0.2, 0.25) is 0 Å². The molecule has 1 unspecified atom stereocenters. The lowest BCUT2D eigenvalue weighted by atomic mass is 10.1. The lowest BCUT2D eigenvalue weighted by Crippen LogP contribution is -2.43. The minimum Gasteiger partial charge on any atom is -0.496 e. The highest BCUT2D eigenvalue weighted by atomic mass is 16.5. The fourth-order valence-electron chi connectivity index (χ4n) is 2.23. The molecule has 1 aliphatic carbocycles. The summed E-state index contributed by atoms with van der Waals surface area (Å²) in [6, 6.07) is 4.40. The van der Waals surface area contributed by atoms with Gasteiger partial charge in [0.2, 0.25) is 0 Å². The molecular formula is C16H21NO5. The average molecular weight is 307 g/mol. The number of hydrogen-bond donors (Lipinski definition) is 2. The van der Waals surface area contributed by atoms with Crippen molar-refractivity contribution in [1.82, 2.24) is 5.32 Å². The summed E-state index contributed by atoms with van der Waals surface area (Å²) >= 11 is 0. The molecule has 0 bridgehead atoms. The summed E-state index contributed by atoms with van der Waals surface area (Å²) in [4.78, 5) is 22.9. The molecule has 6 nitrogen and oxygen atoms in total. The number of carboxylic acids is 1. The van der Waals surface area contributed by atoms with E-state index in [0.29, 0.717) is 18.1 Å². The molecule has 1 aromatic rings. The normalized spacial score (nSPS) is 15.0. The summed E-state index contributed by atoms with van der Waals surface area (Å²) in [5.41, 5.74) is 0.901. The Kier molecular flexibility index (Phi) is 5.25. The highest BCUT2D eigenvalue weighted by Crippen LogP contribution is 2.33. The number of ether oxygens (including phenoxy) is 2. The molecule has 1 fully saturated rings. The quantitative estimate of drug-likeness (QED) is 0.764. The van der Waals surface area contributed by atoms with Crippen molar-refractivity contribution in [3.05, 3.63) is 23.8 Å². The molecule has 2 rings (SSSR count). The maximum atomic E-state index is 11.8. The third kappa shape index (κ3) is 4.65. The molecular weight excluding hydrogens is 286 g/mol. The van der Waals surface area contributed by atoms with Crippen molar-refractivity contribution in [1.29, 1.82) is 0 Å². The van der Waals surface area contributed by atoms with E-state index in [0.717, 1.165) is 24.2 Å². The molecule has 0 radical (unpaired) electrons. The maximum Gasteiger partial charge on any atom is 0.326 e. The minimum absolute atomic E-state index is 0.208. The van der Waals surface area contributed by atoms with Crippen molar-refractivity contribution < 1.29 is 24.2 Å². The van der Waals surface area contributed by atoms with Crippen molar-refractivity contribution in [2.75, 3.05) is 13.7 Å². The van der Waals surface area contributed by atoms with Gasteiger partial charge in [-0.1, -0.05) is 12.8 Å². The SMILES string of the molecule is COc1ccc(OCC(=O)NC(CC2CC2)C(=O)O)cc1C. The second kappa shape index (κ2) is 7.15. The summed E-state index contributed by atoms with van der Waals surface area (Å²) in [6.07, 6.45) is 2.57. The number of rotatable bonds is 8. The molecule has 6 heteroatoms. The highest BCUT2D eigenvalue weighted by molar-refractivity contribution is 5.84. The zero-order chi connectivity index (χ0) is 16.1. The van der Waals surface area contributed by atoms with Gasteiger partial charge in [-0.3, -0.25) is 4.79 Å². The van der Waals surface area contributed by atoms with Crippen molar-refractivity contribution in [2.45, 2.75) is 32.2 Å². The Hall–Kier alpha value is -2.24. The van der Waals surface area contributed by atoms with Gasteiger partial charge in [0.25, 0.3) is 5.91 Å². The van der Waals surface area contributed by atoms with Crippen LogP contribution in [0.5, 0.6) is 11.5 Å². The number of nitrogens with one attached hydrogen (secondary N) is 1. The molecule has 0 spiro atoms. The number of carbonyl (C=O) groups excluding carboxylic acids is 1. The van der Waals surface area contributed by atoms with Crippen LogP contribution in [0.4, 0.5) is 0 Å². The number of carboxylic acid groups (broad SMARTS) is 1. The molecule has 0 heterocycles. The zero-order valence-corrected chi connectivity index (χ0v) is 12.8. The third-order valence-corrected chi connectivity index (χ3v) is 3.64. The van der Waals surface area contributed by atoms with E-state index in [-0.39, 0.29) is 6.61 Å². The van der Waals surface area contributed by atoms with Gasteiger partial charge in [-0.15, -0.1) is 0 Å². The Labute approximate surface area is 129 Å². The largest absolute Gasteiger partial charge is 0.496 e. The van der Waals surface area contributed by atoms with Gasteiger partial charge >= 0.3 is 5.97 Å². The van der Waals surface area contributed by atoms with Crippen LogP contribution in [0.25, 0.3) is 0 Å². The Balaban J connectivity index is 1.83. The molecule has 1 aliphatic rings. The van der Waals surface area contributed by atoms with Gasteiger partial charge in [0.1, 0.15) is 17.5 Å². The van der Waals surface area contributed by atoms with Crippen LogP contribution in [-0.4, -0.2) is 36.7 Å². The summed E-state index contributed by atoms with van der Waals surface area (Å²) < 4.78 is 10.5. The fourth-order valence-corrected chi connectivity index (χ4v) is 2.23. The van der Waals surface area contributed by atoms with Crippen molar-refractivity contribution in [2.24, 2.45) is 5.92 Å². The first-order chi connectivity index (χ1) is 10.5. The predicted octanol–water partition coefficient (Wildman–Crippen LogP) is 1.75. The number of methoxy groups -OCH3 is 1. The molecule has 0 aliphatic heterocycles. The van der Waals surface area contributed by atoms with Gasteiger partial charge in [-0.05, 0) is 43.0 Å². The monoisotopic (exact) mass is 307 g/mol. The van der Waals surface area contributed by atoms with Crippen LogP contribution in [0, 0.1) is 12.8 Å². The van der Waals surface area contributed by atoms with E-state index in [1.165, 1.54) is 0 Å². The standard InChI is InChI=1S/C16H21NO5/c1-10-7-12(5-6-14(10)21-2)22-9-15(18)17-13(16(19)20)8-11-3-4-11/h5-7,11,13H,3-4,8-9H2,1-2H3,(H,17,18)(H,19,20). The summed E-state index contributed by atoms with van der Waals surface area (Å²) in [6.45, 7) is 1.67. The van der Waals surface area contributed by atoms with Gasteiger partial charge < -0.3 is 19.9 Å². The van der Waals surface area contributed by atoms with E-state index < -0.39 is 17.9 Å². The van der Waals surface area contributed by atoms with Crippen LogP contribution in [-0.2, 0) is 9.59 Å². The number of aryl methyl sites for hydroxylation is 1.